The van der Waals surface area contributed by atoms with E-state index in [2.05, 4.69) is 0 Å². The lowest BCUT2D eigenvalue weighted by Crippen LogP contribution is -2.39. The van der Waals surface area contributed by atoms with Crippen molar-refractivity contribution in [2.24, 2.45) is 5.92 Å². The Kier molecular flexibility index (Phi) is 4.31. The summed E-state index contributed by atoms with van der Waals surface area (Å²) in [7, 11) is -3.78. The van der Waals surface area contributed by atoms with Crippen LogP contribution in [0, 0.1) is 16.0 Å². The topological polar surface area (TPSA) is 80.5 Å². The predicted molar refractivity (Wildman–Crippen MR) is 75.3 cm³/mol. The number of rotatable bonds is 3. The Bertz CT molecular complexity index is 632. The fourth-order valence-corrected chi connectivity index (χ4v) is 4.40. The molecule has 1 atom stereocenters. The van der Waals surface area contributed by atoms with Gasteiger partial charge in [-0.3, -0.25) is 10.1 Å². The van der Waals surface area contributed by atoms with Gasteiger partial charge in [0.05, 0.1) is 9.95 Å². The lowest BCUT2D eigenvalue weighted by Gasteiger charge is -2.30. The molecule has 1 aliphatic rings. The average Bonchev–Trinajstić information content (AvgIpc) is 2.38. The smallest absolute Gasteiger partial charge is 0.258 e. The minimum atomic E-state index is -3.78. The first-order chi connectivity index (χ1) is 9.32. The van der Waals surface area contributed by atoms with Crippen molar-refractivity contribution < 1.29 is 13.3 Å². The fraction of sp³-hybridized carbons (Fsp3) is 0.500. The van der Waals surface area contributed by atoms with Gasteiger partial charge in [0.1, 0.15) is 4.90 Å². The summed E-state index contributed by atoms with van der Waals surface area (Å²) in [4.78, 5) is 9.95. The van der Waals surface area contributed by atoms with Crippen molar-refractivity contribution in [3.8, 4) is 0 Å². The Hall–Kier alpha value is -1.18. The summed E-state index contributed by atoms with van der Waals surface area (Å²) >= 11 is 5.91. The monoisotopic (exact) mass is 318 g/mol. The van der Waals surface area contributed by atoms with Gasteiger partial charge in [0.2, 0.25) is 10.0 Å². The van der Waals surface area contributed by atoms with Crippen molar-refractivity contribution in [2.75, 3.05) is 13.1 Å². The lowest BCUT2D eigenvalue weighted by molar-refractivity contribution is -0.385. The van der Waals surface area contributed by atoms with Gasteiger partial charge < -0.3 is 0 Å². The summed E-state index contributed by atoms with van der Waals surface area (Å²) in [6.45, 7) is 2.82. The molecule has 110 valence electrons. The largest absolute Gasteiger partial charge is 0.270 e. The first kappa shape index (κ1) is 15.2. The predicted octanol–water partition coefficient (Wildman–Crippen LogP) is 2.67. The molecule has 8 heteroatoms. The van der Waals surface area contributed by atoms with E-state index in [1.54, 1.807) is 0 Å². The second kappa shape index (κ2) is 5.67. The van der Waals surface area contributed by atoms with Gasteiger partial charge in [-0.05, 0) is 24.8 Å². The molecule has 1 saturated heterocycles. The van der Waals surface area contributed by atoms with E-state index in [4.69, 9.17) is 11.6 Å². The molecule has 20 heavy (non-hydrogen) atoms. The summed E-state index contributed by atoms with van der Waals surface area (Å²) in [5.41, 5.74) is -0.280. The normalized spacial score (nSPS) is 20.8. The van der Waals surface area contributed by atoms with Crippen molar-refractivity contribution in [3.05, 3.63) is 33.3 Å². The Morgan fingerprint density at radius 3 is 2.75 bits per heavy atom. The molecule has 6 nitrogen and oxygen atoms in total. The van der Waals surface area contributed by atoms with Gasteiger partial charge >= 0.3 is 0 Å². The molecule has 0 bridgehead atoms. The van der Waals surface area contributed by atoms with Gasteiger partial charge in [-0.25, -0.2) is 8.42 Å². The zero-order chi connectivity index (χ0) is 14.9. The average molecular weight is 319 g/mol. The molecule has 1 fully saturated rings. The Balaban J connectivity index is 2.43. The molecular weight excluding hydrogens is 304 g/mol. The molecule has 0 N–H and O–H groups in total. The molecule has 0 aliphatic carbocycles. The van der Waals surface area contributed by atoms with Crippen molar-refractivity contribution in [1.29, 1.82) is 0 Å². The quantitative estimate of drug-likeness (QED) is 0.634. The molecule has 1 aliphatic heterocycles. The number of nitrogens with zero attached hydrogens (tertiary/aromatic N) is 2. The van der Waals surface area contributed by atoms with Crippen LogP contribution in [0.4, 0.5) is 5.69 Å². The second-order valence-electron chi connectivity index (χ2n) is 4.98. The zero-order valence-corrected chi connectivity index (χ0v) is 12.5. The van der Waals surface area contributed by atoms with Crippen molar-refractivity contribution >= 4 is 27.3 Å². The summed E-state index contributed by atoms with van der Waals surface area (Å²) in [6.07, 6.45) is 1.77. The summed E-state index contributed by atoms with van der Waals surface area (Å²) < 4.78 is 26.4. The van der Waals surface area contributed by atoms with Crippen LogP contribution in [0.5, 0.6) is 0 Å². The SMILES string of the molecule is CC1CCCN(S(=O)(=O)c2cc([N+](=O)[O-])ccc2Cl)C1. The molecule has 1 unspecified atom stereocenters. The maximum atomic E-state index is 12.5. The van der Waals surface area contributed by atoms with E-state index < -0.39 is 14.9 Å². The van der Waals surface area contributed by atoms with E-state index in [1.807, 2.05) is 6.92 Å². The zero-order valence-electron chi connectivity index (χ0n) is 11.0. The molecule has 0 saturated carbocycles. The van der Waals surface area contributed by atoms with Crippen molar-refractivity contribution in [1.82, 2.24) is 4.31 Å². The summed E-state index contributed by atoms with van der Waals surface area (Å²) in [5.74, 6) is 0.274. The van der Waals surface area contributed by atoms with Crippen LogP contribution < -0.4 is 0 Å². The Morgan fingerprint density at radius 1 is 1.45 bits per heavy atom. The number of hydrogen-bond donors (Lipinski definition) is 0. The first-order valence-corrected chi connectivity index (χ1v) is 8.08. The third kappa shape index (κ3) is 2.94. The minimum absolute atomic E-state index is 0.00817. The third-order valence-electron chi connectivity index (χ3n) is 3.36. The highest BCUT2D eigenvalue weighted by atomic mass is 35.5. The van der Waals surface area contributed by atoms with Crippen LogP contribution in [0.2, 0.25) is 5.02 Å². The van der Waals surface area contributed by atoms with Gasteiger partial charge in [-0.2, -0.15) is 4.31 Å². The molecule has 1 aromatic rings. The van der Waals surface area contributed by atoms with Gasteiger partial charge in [-0.15, -0.1) is 0 Å². The summed E-state index contributed by atoms with van der Waals surface area (Å²) in [5, 5.41) is 10.8. The van der Waals surface area contributed by atoms with Crippen LogP contribution in [0.3, 0.4) is 0 Å². The van der Waals surface area contributed by atoms with Crippen LogP contribution in [0.15, 0.2) is 23.1 Å². The summed E-state index contributed by atoms with van der Waals surface area (Å²) in [6, 6.07) is 3.47. The third-order valence-corrected chi connectivity index (χ3v) is 5.71. The van der Waals surface area contributed by atoms with Crippen LogP contribution in [0.25, 0.3) is 0 Å². The number of nitro groups is 1. The maximum absolute atomic E-state index is 12.5. The van der Waals surface area contributed by atoms with E-state index in [9.17, 15) is 18.5 Å². The lowest BCUT2D eigenvalue weighted by atomic mass is 10.0. The van der Waals surface area contributed by atoms with Crippen LogP contribution >= 0.6 is 11.6 Å². The number of non-ortho nitro benzene ring substituents is 1. The van der Waals surface area contributed by atoms with E-state index in [-0.39, 0.29) is 21.5 Å². The second-order valence-corrected chi connectivity index (χ2v) is 7.30. The van der Waals surface area contributed by atoms with Crippen LogP contribution in [-0.4, -0.2) is 30.7 Å². The molecule has 0 spiro atoms. The van der Waals surface area contributed by atoms with E-state index in [0.717, 1.165) is 18.9 Å². The molecule has 1 heterocycles. The number of benzene rings is 1. The molecule has 0 radical (unpaired) electrons. The van der Waals surface area contributed by atoms with Crippen LogP contribution in [0.1, 0.15) is 19.8 Å². The van der Waals surface area contributed by atoms with Crippen LogP contribution in [-0.2, 0) is 10.0 Å². The number of hydrogen-bond acceptors (Lipinski definition) is 4. The molecule has 1 aromatic carbocycles. The molecule has 0 aromatic heterocycles. The van der Waals surface area contributed by atoms with Crippen molar-refractivity contribution in [3.63, 3.8) is 0 Å². The maximum Gasteiger partial charge on any atom is 0.270 e. The fourth-order valence-electron chi connectivity index (χ4n) is 2.31. The van der Waals surface area contributed by atoms with Gasteiger partial charge in [0.15, 0.2) is 0 Å². The van der Waals surface area contributed by atoms with E-state index in [1.165, 1.54) is 16.4 Å². The number of sulfonamides is 1. The number of piperidine rings is 1. The Labute approximate surface area is 122 Å². The molecule has 2 rings (SSSR count). The molecule has 0 amide bonds. The highest BCUT2D eigenvalue weighted by molar-refractivity contribution is 7.89. The highest BCUT2D eigenvalue weighted by Gasteiger charge is 2.31. The van der Waals surface area contributed by atoms with Gasteiger partial charge in [0.25, 0.3) is 5.69 Å². The minimum Gasteiger partial charge on any atom is -0.258 e. The highest BCUT2D eigenvalue weighted by Crippen LogP contribution is 2.30. The number of halogens is 1. The van der Waals surface area contributed by atoms with Crippen molar-refractivity contribution in [2.45, 2.75) is 24.7 Å². The van der Waals surface area contributed by atoms with E-state index in [0.29, 0.717) is 13.1 Å². The van der Waals surface area contributed by atoms with Gasteiger partial charge in [0, 0.05) is 25.2 Å². The first-order valence-electron chi connectivity index (χ1n) is 6.26. The van der Waals surface area contributed by atoms with E-state index >= 15 is 0 Å². The standard InChI is InChI=1S/C12H15ClN2O4S/c1-9-3-2-6-14(8-9)20(18,19)12-7-10(15(16)17)4-5-11(12)13/h4-5,7,9H,2-3,6,8H2,1H3. The number of nitro benzene ring substituents is 1. The Morgan fingerprint density at radius 2 is 2.15 bits per heavy atom. The molecular formula is C12H15ClN2O4S. The van der Waals surface area contributed by atoms with Gasteiger partial charge in [-0.1, -0.05) is 18.5 Å².